The first-order valence-corrected chi connectivity index (χ1v) is 8.69. The number of hydrogen-bond donors (Lipinski definition) is 2. The van der Waals surface area contributed by atoms with Gasteiger partial charge in [0.1, 0.15) is 0 Å². The molecule has 0 aromatic heterocycles. The van der Waals surface area contributed by atoms with Gasteiger partial charge < -0.3 is 10.4 Å². The molecule has 1 aromatic carbocycles. The maximum absolute atomic E-state index is 11.9. The highest BCUT2D eigenvalue weighted by Gasteiger charge is 2.33. The molecular formula is C17H25NO2S. The molecular weight excluding hydrogens is 282 g/mol. The zero-order chi connectivity index (χ0) is 15.1. The molecule has 0 heterocycles. The van der Waals surface area contributed by atoms with Crippen LogP contribution in [0.4, 0.5) is 0 Å². The number of rotatable bonds is 7. The second kappa shape index (κ2) is 7.85. The predicted octanol–water partition coefficient (Wildman–Crippen LogP) is 3.15. The number of thioether (sulfide) groups is 1. The molecule has 0 radical (unpaired) electrons. The third kappa shape index (κ3) is 5.04. The highest BCUT2D eigenvalue weighted by Crippen LogP contribution is 2.36. The smallest absolute Gasteiger partial charge is 0.220 e. The summed E-state index contributed by atoms with van der Waals surface area (Å²) >= 11 is 1.71. The summed E-state index contributed by atoms with van der Waals surface area (Å²) in [7, 11) is 0. The molecule has 3 nitrogen and oxygen atoms in total. The Morgan fingerprint density at radius 1 is 1.29 bits per heavy atom. The van der Waals surface area contributed by atoms with Crippen molar-refractivity contribution >= 4 is 17.7 Å². The first kappa shape index (κ1) is 16.4. The molecule has 0 aliphatic heterocycles. The Hall–Kier alpha value is -1.00. The van der Waals surface area contributed by atoms with Crippen molar-refractivity contribution < 1.29 is 9.90 Å². The average molecular weight is 307 g/mol. The lowest BCUT2D eigenvalue weighted by Gasteiger charge is -2.26. The van der Waals surface area contributed by atoms with Gasteiger partial charge in [0.2, 0.25) is 5.91 Å². The molecule has 4 heteroatoms. The van der Waals surface area contributed by atoms with Crippen molar-refractivity contribution in [1.82, 2.24) is 5.32 Å². The second-order valence-electron chi connectivity index (χ2n) is 6.05. The molecule has 1 aliphatic carbocycles. The summed E-state index contributed by atoms with van der Waals surface area (Å²) in [5.41, 5.74) is 1.20. The van der Waals surface area contributed by atoms with E-state index in [0.29, 0.717) is 13.0 Å². The number of benzene rings is 1. The summed E-state index contributed by atoms with van der Waals surface area (Å²) in [6, 6.07) is 8.37. The van der Waals surface area contributed by atoms with Gasteiger partial charge in [-0.2, -0.15) is 0 Å². The number of amides is 1. The summed E-state index contributed by atoms with van der Waals surface area (Å²) in [5, 5.41) is 12.5. The largest absolute Gasteiger partial charge is 0.396 e. The molecule has 116 valence electrons. The van der Waals surface area contributed by atoms with Crippen LogP contribution in [0.25, 0.3) is 0 Å². The number of aliphatic hydroxyl groups is 1. The van der Waals surface area contributed by atoms with E-state index >= 15 is 0 Å². The topological polar surface area (TPSA) is 49.3 Å². The highest BCUT2D eigenvalue weighted by atomic mass is 32.2. The first-order chi connectivity index (χ1) is 10.1. The van der Waals surface area contributed by atoms with E-state index in [4.69, 9.17) is 0 Å². The average Bonchev–Trinajstić information content (AvgIpc) is 2.97. The number of aliphatic hydroxyl groups excluding tert-OH is 1. The molecule has 2 rings (SSSR count). The van der Waals surface area contributed by atoms with Crippen molar-refractivity contribution in [2.45, 2.75) is 43.9 Å². The van der Waals surface area contributed by atoms with Crippen LogP contribution in [0.1, 0.15) is 37.7 Å². The molecule has 0 atom stereocenters. The van der Waals surface area contributed by atoms with E-state index in [1.165, 1.54) is 23.3 Å². The summed E-state index contributed by atoms with van der Waals surface area (Å²) in [6.07, 6.45) is 4.92. The summed E-state index contributed by atoms with van der Waals surface area (Å²) in [5.74, 6) is 0.885. The van der Waals surface area contributed by atoms with Gasteiger partial charge in [0, 0.05) is 29.0 Å². The molecule has 2 N–H and O–H groups in total. The summed E-state index contributed by atoms with van der Waals surface area (Å²) in [6.45, 7) is 2.88. The van der Waals surface area contributed by atoms with Gasteiger partial charge in [-0.05, 0) is 31.9 Å². The van der Waals surface area contributed by atoms with E-state index in [0.717, 1.165) is 18.6 Å². The van der Waals surface area contributed by atoms with Crippen molar-refractivity contribution in [3.05, 3.63) is 29.8 Å². The molecule has 1 aliphatic rings. The number of aryl methyl sites for hydroxylation is 1. The fourth-order valence-electron chi connectivity index (χ4n) is 2.79. The van der Waals surface area contributed by atoms with E-state index in [-0.39, 0.29) is 17.9 Å². The monoisotopic (exact) mass is 307 g/mol. The van der Waals surface area contributed by atoms with Gasteiger partial charge >= 0.3 is 0 Å². The molecule has 21 heavy (non-hydrogen) atoms. The minimum Gasteiger partial charge on any atom is -0.396 e. The summed E-state index contributed by atoms with van der Waals surface area (Å²) < 4.78 is 0. The molecule has 1 fully saturated rings. The van der Waals surface area contributed by atoms with Gasteiger partial charge in [0.05, 0.1) is 6.61 Å². The van der Waals surface area contributed by atoms with Gasteiger partial charge in [-0.1, -0.05) is 30.5 Å². The Kier molecular flexibility index (Phi) is 6.12. The van der Waals surface area contributed by atoms with Crippen LogP contribution in [0.5, 0.6) is 0 Å². The molecule has 0 spiro atoms. The molecule has 0 saturated heterocycles. The Balaban J connectivity index is 1.66. The maximum atomic E-state index is 11.9. The second-order valence-corrected chi connectivity index (χ2v) is 7.22. The summed E-state index contributed by atoms with van der Waals surface area (Å²) in [4.78, 5) is 13.1. The lowest BCUT2D eigenvalue weighted by molar-refractivity contribution is -0.121. The SMILES string of the molecule is Cc1ccc(SCCC(=O)NCC2(CO)CCCC2)cc1. The van der Waals surface area contributed by atoms with Crippen LogP contribution in [-0.4, -0.2) is 29.9 Å². The zero-order valence-corrected chi connectivity index (χ0v) is 13.5. The van der Waals surface area contributed by atoms with Crippen molar-refractivity contribution in [2.75, 3.05) is 18.9 Å². The van der Waals surface area contributed by atoms with Crippen LogP contribution < -0.4 is 5.32 Å². The number of carbonyl (C=O) groups excluding carboxylic acids is 1. The Bertz CT molecular complexity index is 452. The van der Waals surface area contributed by atoms with E-state index in [1.807, 2.05) is 0 Å². The van der Waals surface area contributed by atoms with Crippen LogP contribution in [-0.2, 0) is 4.79 Å². The van der Waals surface area contributed by atoms with Gasteiger partial charge in [-0.25, -0.2) is 0 Å². The van der Waals surface area contributed by atoms with Crippen LogP contribution in [0, 0.1) is 12.3 Å². The normalized spacial score (nSPS) is 16.9. The molecule has 1 amide bonds. The fourth-order valence-corrected chi connectivity index (χ4v) is 3.64. The maximum Gasteiger partial charge on any atom is 0.220 e. The van der Waals surface area contributed by atoms with Gasteiger partial charge in [0.15, 0.2) is 0 Å². The van der Waals surface area contributed by atoms with Crippen LogP contribution in [0.3, 0.4) is 0 Å². The van der Waals surface area contributed by atoms with E-state index in [1.54, 1.807) is 11.8 Å². The van der Waals surface area contributed by atoms with E-state index in [9.17, 15) is 9.90 Å². The predicted molar refractivity (Wildman–Crippen MR) is 87.5 cm³/mol. The van der Waals surface area contributed by atoms with E-state index in [2.05, 4.69) is 36.5 Å². The molecule has 0 bridgehead atoms. The van der Waals surface area contributed by atoms with Gasteiger partial charge in [-0.15, -0.1) is 11.8 Å². The number of hydrogen-bond acceptors (Lipinski definition) is 3. The third-order valence-corrected chi connectivity index (χ3v) is 5.29. The minimum atomic E-state index is -0.0558. The first-order valence-electron chi connectivity index (χ1n) is 7.71. The van der Waals surface area contributed by atoms with Crippen molar-refractivity contribution in [3.8, 4) is 0 Å². The van der Waals surface area contributed by atoms with Crippen LogP contribution in [0.2, 0.25) is 0 Å². The van der Waals surface area contributed by atoms with Gasteiger partial charge in [0.25, 0.3) is 0 Å². The van der Waals surface area contributed by atoms with Crippen LogP contribution >= 0.6 is 11.8 Å². The Morgan fingerprint density at radius 2 is 1.95 bits per heavy atom. The standard InChI is InChI=1S/C17H25NO2S/c1-14-4-6-15(7-5-14)21-11-8-16(20)18-12-17(13-19)9-2-3-10-17/h4-7,19H,2-3,8-13H2,1H3,(H,18,20). The Labute approximate surface area is 131 Å². The van der Waals surface area contributed by atoms with Crippen molar-refractivity contribution in [1.29, 1.82) is 0 Å². The third-order valence-electron chi connectivity index (χ3n) is 4.28. The molecule has 0 unspecified atom stereocenters. The lowest BCUT2D eigenvalue weighted by Crippen LogP contribution is -2.38. The molecule has 1 saturated carbocycles. The number of carbonyl (C=O) groups is 1. The Morgan fingerprint density at radius 3 is 2.57 bits per heavy atom. The van der Waals surface area contributed by atoms with Crippen molar-refractivity contribution in [2.24, 2.45) is 5.41 Å². The minimum absolute atomic E-state index is 0.0558. The quantitative estimate of drug-likeness (QED) is 0.761. The molecule has 1 aromatic rings. The van der Waals surface area contributed by atoms with Gasteiger partial charge in [-0.3, -0.25) is 4.79 Å². The van der Waals surface area contributed by atoms with E-state index < -0.39 is 0 Å². The fraction of sp³-hybridized carbons (Fsp3) is 0.588. The van der Waals surface area contributed by atoms with Crippen molar-refractivity contribution in [3.63, 3.8) is 0 Å². The zero-order valence-electron chi connectivity index (χ0n) is 12.7. The lowest BCUT2D eigenvalue weighted by atomic mass is 9.87. The number of nitrogens with one attached hydrogen (secondary N) is 1. The van der Waals surface area contributed by atoms with Crippen LogP contribution in [0.15, 0.2) is 29.2 Å². The highest BCUT2D eigenvalue weighted by molar-refractivity contribution is 7.99.